The fourth-order valence-electron chi connectivity index (χ4n) is 2.00. The summed E-state index contributed by atoms with van der Waals surface area (Å²) in [6.07, 6.45) is 0.479. The Balaban J connectivity index is 1.76. The van der Waals surface area contributed by atoms with E-state index in [1.54, 1.807) is 12.1 Å². The van der Waals surface area contributed by atoms with Crippen molar-refractivity contribution in [1.29, 1.82) is 0 Å². The molecule has 0 unspecified atom stereocenters. The van der Waals surface area contributed by atoms with E-state index in [0.717, 1.165) is 16.7 Å². The van der Waals surface area contributed by atoms with Crippen LogP contribution in [-0.2, 0) is 0 Å². The van der Waals surface area contributed by atoms with Crippen molar-refractivity contribution in [2.45, 2.75) is 0 Å². The van der Waals surface area contributed by atoms with E-state index in [1.165, 1.54) is 0 Å². The number of nitrogens with two attached hydrogens (primary N) is 1. The molecule has 3 rings (SSSR count). The molecule has 112 valence electrons. The zero-order chi connectivity index (χ0) is 15.4. The van der Waals surface area contributed by atoms with Gasteiger partial charge in [0, 0.05) is 17.7 Å². The Morgan fingerprint density at radius 3 is 2.64 bits per heavy atom. The first-order valence-electron chi connectivity index (χ1n) is 6.87. The third kappa shape index (κ3) is 2.99. The minimum absolute atomic E-state index is 0.134. The van der Waals surface area contributed by atoms with Crippen LogP contribution >= 0.6 is 0 Å². The van der Waals surface area contributed by atoms with Gasteiger partial charge in [-0.25, -0.2) is 9.37 Å². The average molecular weight is 298 g/mol. The molecule has 1 heterocycles. The molecule has 4 nitrogen and oxygen atoms in total. The van der Waals surface area contributed by atoms with Crippen molar-refractivity contribution in [1.82, 2.24) is 4.98 Å². The maximum atomic E-state index is 12.4. The predicted molar refractivity (Wildman–Crippen MR) is 83.2 cm³/mol. The predicted octanol–water partition coefficient (Wildman–Crippen LogP) is 3.69. The molecule has 0 fully saturated rings. The molecule has 2 aromatic carbocycles. The molecule has 5 heteroatoms. The fourth-order valence-corrected chi connectivity index (χ4v) is 2.00. The van der Waals surface area contributed by atoms with E-state index in [0.29, 0.717) is 23.5 Å². The number of para-hydroxylation sites is 2. The second kappa shape index (κ2) is 6.41. The van der Waals surface area contributed by atoms with E-state index in [1.807, 2.05) is 36.4 Å². The largest absolute Gasteiger partial charge is 0.489 e. The number of ether oxygens (including phenoxy) is 1. The monoisotopic (exact) mass is 298 g/mol. The molecular weight excluding hydrogens is 283 g/mol. The number of hydrogen-bond acceptors (Lipinski definition) is 4. The third-order valence-electron chi connectivity index (χ3n) is 3.24. The summed E-state index contributed by atoms with van der Waals surface area (Å²) in [5.41, 5.74) is 8.20. The molecule has 0 aliphatic carbocycles. The molecule has 0 bridgehead atoms. The first kappa shape index (κ1) is 14.3. The highest BCUT2D eigenvalue weighted by Gasteiger charge is 2.07. The molecule has 0 amide bonds. The van der Waals surface area contributed by atoms with Crippen LogP contribution in [0.4, 0.5) is 4.39 Å². The molecular formula is C17H15FN2O2. The molecule has 0 spiro atoms. The van der Waals surface area contributed by atoms with Crippen LogP contribution in [0, 0.1) is 0 Å². The standard InChI is InChI=1S/C17H15FN2O2/c18-9-12(10-19)11-21-14-7-5-13(6-8-14)17-20-15-3-1-2-4-16(15)22-17/h1-9H,10-11,19H2/b12-9-. The van der Waals surface area contributed by atoms with Crippen molar-refractivity contribution >= 4 is 11.1 Å². The second-order valence-corrected chi connectivity index (χ2v) is 4.77. The van der Waals surface area contributed by atoms with Crippen molar-refractivity contribution in [3.05, 3.63) is 60.4 Å². The molecule has 0 radical (unpaired) electrons. The van der Waals surface area contributed by atoms with Gasteiger partial charge in [-0.2, -0.15) is 0 Å². The van der Waals surface area contributed by atoms with Crippen LogP contribution in [0.3, 0.4) is 0 Å². The van der Waals surface area contributed by atoms with Crippen LogP contribution in [0.2, 0.25) is 0 Å². The summed E-state index contributed by atoms with van der Waals surface area (Å²) in [6, 6.07) is 14.9. The van der Waals surface area contributed by atoms with E-state index in [4.69, 9.17) is 14.9 Å². The Kier molecular flexibility index (Phi) is 4.16. The molecule has 0 atom stereocenters. The van der Waals surface area contributed by atoms with Gasteiger partial charge in [-0.1, -0.05) is 12.1 Å². The number of nitrogens with zero attached hydrogens (tertiary/aromatic N) is 1. The lowest BCUT2D eigenvalue weighted by atomic mass is 10.2. The topological polar surface area (TPSA) is 61.3 Å². The second-order valence-electron chi connectivity index (χ2n) is 4.77. The first-order valence-corrected chi connectivity index (χ1v) is 6.87. The van der Waals surface area contributed by atoms with Gasteiger partial charge in [-0.3, -0.25) is 0 Å². The van der Waals surface area contributed by atoms with Crippen molar-refractivity contribution in [2.75, 3.05) is 13.2 Å². The minimum Gasteiger partial charge on any atom is -0.489 e. The zero-order valence-corrected chi connectivity index (χ0v) is 11.8. The van der Waals surface area contributed by atoms with Gasteiger partial charge >= 0.3 is 0 Å². The molecule has 3 aromatic rings. The number of rotatable bonds is 5. The maximum Gasteiger partial charge on any atom is 0.227 e. The van der Waals surface area contributed by atoms with Crippen molar-refractivity contribution in [3.8, 4) is 17.2 Å². The molecule has 0 saturated heterocycles. The van der Waals surface area contributed by atoms with Crippen molar-refractivity contribution in [2.24, 2.45) is 5.73 Å². The van der Waals surface area contributed by atoms with Gasteiger partial charge in [0.1, 0.15) is 17.9 Å². The number of fused-ring (bicyclic) bond motifs is 1. The summed E-state index contributed by atoms with van der Waals surface area (Å²) in [5.74, 6) is 1.19. The van der Waals surface area contributed by atoms with E-state index >= 15 is 0 Å². The fraction of sp³-hybridized carbons (Fsp3) is 0.118. The number of benzene rings is 2. The average Bonchev–Trinajstić information content (AvgIpc) is 3.00. The molecule has 1 aromatic heterocycles. The minimum atomic E-state index is 0.134. The van der Waals surface area contributed by atoms with Gasteiger partial charge in [0.25, 0.3) is 0 Å². The lowest BCUT2D eigenvalue weighted by molar-refractivity contribution is 0.347. The summed E-state index contributed by atoms with van der Waals surface area (Å²) in [7, 11) is 0. The van der Waals surface area contributed by atoms with Crippen LogP contribution in [0.25, 0.3) is 22.6 Å². The Labute approximate surface area is 127 Å². The highest BCUT2D eigenvalue weighted by Crippen LogP contribution is 2.25. The summed E-state index contributed by atoms with van der Waals surface area (Å²) in [6.45, 7) is 0.271. The lowest BCUT2D eigenvalue weighted by Crippen LogP contribution is -2.10. The smallest absolute Gasteiger partial charge is 0.227 e. The van der Waals surface area contributed by atoms with Crippen LogP contribution in [0.15, 0.2) is 64.9 Å². The molecule has 22 heavy (non-hydrogen) atoms. The molecule has 0 aliphatic rings. The highest BCUT2D eigenvalue weighted by atomic mass is 19.1. The summed E-state index contributed by atoms with van der Waals surface area (Å²) in [4.78, 5) is 4.43. The van der Waals surface area contributed by atoms with Crippen LogP contribution in [-0.4, -0.2) is 18.1 Å². The van der Waals surface area contributed by atoms with Gasteiger partial charge in [0.05, 0.1) is 6.33 Å². The van der Waals surface area contributed by atoms with Crippen molar-refractivity contribution in [3.63, 3.8) is 0 Å². The van der Waals surface area contributed by atoms with E-state index in [2.05, 4.69) is 4.98 Å². The maximum absolute atomic E-state index is 12.4. The van der Waals surface area contributed by atoms with Gasteiger partial charge in [-0.05, 0) is 36.4 Å². The van der Waals surface area contributed by atoms with Gasteiger partial charge in [-0.15, -0.1) is 0 Å². The quantitative estimate of drug-likeness (QED) is 0.780. The van der Waals surface area contributed by atoms with E-state index in [-0.39, 0.29) is 13.2 Å². The number of halogens is 1. The summed E-state index contributed by atoms with van der Waals surface area (Å²) in [5, 5.41) is 0. The van der Waals surface area contributed by atoms with Crippen LogP contribution < -0.4 is 10.5 Å². The normalized spacial score (nSPS) is 11.8. The molecule has 2 N–H and O–H groups in total. The van der Waals surface area contributed by atoms with Crippen LogP contribution in [0.5, 0.6) is 5.75 Å². The number of hydrogen-bond donors (Lipinski definition) is 1. The Hall–Kier alpha value is -2.66. The zero-order valence-electron chi connectivity index (χ0n) is 11.8. The Morgan fingerprint density at radius 1 is 1.18 bits per heavy atom. The summed E-state index contributed by atoms with van der Waals surface area (Å²) < 4.78 is 23.6. The Bertz CT molecular complexity index is 761. The van der Waals surface area contributed by atoms with Crippen LogP contribution in [0.1, 0.15) is 0 Å². The van der Waals surface area contributed by atoms with Gasteiger partial charge in [0.2, 0.25) is 5.89 Å². The third-order valence-corrected chi connectivity index (χ3v) is 3.24. The molecule has 0 aliphatic heterocycles. The van der Waals surface area contributed by atoms with Gasteiger partial charge in [0.15, 0.2) is 5.58 Å². The summed E-state index contributed by atoms with van der Waals surface area (Å²) >= 11 is 0. The van der Waals surface area contributed by atoms with Crippen molar-refractivity contribution < 1.29 is 13.5 Å². The Morgan fingerprint density at radius 2 is 1.95 bits per heavy atom. The SMILES string of the molecule is NC/C(=C/F)COc1ccc(-c2nc3ccccc3o2)cc1. The molecule has 0 saturated carbocycles. The van der Waals surface area contributed by atoms with Gasteiger partial charge < -0.3 is 14.9 Å². The first-order chi connectivity index (χ1) is 10.8. The highest BCUT2D eigenvalue weighted by molar-refractivity contribution is 5.76. The van der Waals surface area contributed by atoms with E-state index < -0.39 is 0 Å². The van der Waals surface area contributed by atoms with E-state index in [9.17, 15) is 4.39 Å². The number of oxazole rings is 1. The lowest BCUT2D eigenvalue weighted by Gasteiger charge is -2.07. The number of aromatic nitrogens is 1.